The van der Waals surface area contributed by atoms with Crippen LogP contribution < -0.4 is 5.32 Å². The average Bonchev–Trinajstić information content (AvgIpc) is 2.36. The molecule has 2 heteroatoms. The summed E-state index contributed by atoms with van der Waals surface area (Å²) in [4.78, 5) is 0. The highest BCUT2D eigenvalue weighted by Crippen LogP contribution is 2.22. The van der Waals surface area contributed by atoms with E-state index in [2.05, 4.69) is 25.2 Å². The van der Waals surface area contributed by atoms with Gasteiger partial charge in [0.25, 0.3) is 0 Å². The van der Waals surface area contributed by atoms with Gasteiger partial charge in [-0.3, -0.25) is 0 Å². The van der Waals surface area contributed by atoms with Crippen molar-refractivity contribution in [1.29, 1.82) is 0 Å². The van der Waals surface area contributed by atoms with Crippen molar-refractivity contribution in [2.75, 3.05) is 11.9 Å². The first-order chi connectivity index (χ1) is 8.74. The van der Waals surface area contributed by atoms with Crippen molar-refractivity contribution in [2.24, 2.45) is 0 Å². The number of hydrogen-bond acceptors (Lipinski definition) is 1. The van der Waals surface area contributed by atoms with Gasteiger partial charge in [0, 0.05) is 6.54 Å². The van der Waals surface area contributed by atoms with Gasteiger partial charge in [0.15, 0.2) is 0 Å². The first-order valence-corrected chi connectivity index (χ1v) is 7.62. The fourth-order valence-corrected chi connectivity index (χ4v) is 2.26. The molecule has 18 heavy (non-hydrogen) atoms. The number of unbranched alkanes of at least 4 members (excludes halogenated alkanes) is 6. The lowest BCUT2D eigenvalue weighted by Gasteiger charge is -2.09. The molecule has 102 valence electrons. The van der Waals surface area contributed by atoms with Crippen LogP contribution in [0, 0.1) is 6.92 Å². The lowest BCUT2D eigenvalue weighted by atomic mass is 10.1. The highest BCUT2D eigenvalue weighted by molar-refractivity contribution is 6.33. The van der Waals surface area contributed by atoms with Crippen molar-refractivity contribution in [1.82, 2.24) is 0 Å². The second-order valence-electron chi connectivity index (χ2n) is 5.03. The molecule has 1 nitrogen and oxygen atoms in total. The minimum absolute atomic E-state index is 0.823. The van der Waals surface area contributed by atoms with Crippen molar-refractivity contribution in [3.63, 3.8) is 0 Å². The summed E-state index contributed by atoms with van der Waals surface area (Å²) in [6, 6.07) is 6.12. The highest BCUT2D eigenvalue weighted by Gasteiger charge is 1.99. The molecule has 0 spiro atoms. The van der Waals surface area contributed by atoms with E-state index in [1.54, 1.807) is 0 Å². The summed E-state index contributed by atoms with van der Waals surface area (Å²) in [5, 5.41) is 4.25. The maximum absolute atomic E-state index is 6.13. The molecule has 1 rings (SSSR count). The fourth-order valence-electron chi connectivity index (χ4n) is 2.08. The molecule has 0 aliphatic heterocycles. The number of anilines is 1. The smallest absolute Gasteiger partial charge is 0.0637 e. The van der Waals surface area contributed by atoms with Crippen LogP contribution in [0.4, 0.5) is 5.69 Å². The first-order valence-electron chi connectivity index (χ1n) is 7.24. The summed E-state index contributed by atoms with van der Waals surface area (Å²) < 4.78 is 0. The summed E-state index contributed by atoms with van der Waals surface area (Å²) in [6.45, 7) is 5.38. The summed E-state index contributed by atoms with van der Waals surface area (Å²) in [7, 11) is 0. The summed E-state index contributed by atoms with van der Waals surface area (Å²) >= 11 is 6.13. The van der Waals surface area contributed by atoms with Crippen molar-refractivity contribution in [3.8, 4) is 0 Å². The van der Waals surface area contributed by atoms with Crippen LogP contribution >= 0.6 is 11.6 Å². The Morgan fingerprint density at radius 2 is 1.67 bits per heavy atom. The van der Waals surface area contributed by atoms with E-state index in [4.69, 9.17) is 11.6 Å². The van der Waals surface area contributed by atoms with Crippen LogP contribution in [0.15, 0.2) is 18.2 Å². The Morgan fingerprint density at radius 3 is 2.39 bits per heavy atom. The molecule has 0 saturated heterocycles. The van der Waals surface area contributed by atoms with E-state index >= 15 is 0 Å². The van der Waals surface area contributed by atoms with Crippen LogP contribution in [-0.4, -0.2) is 6.54 Å². The first kappa shape index (κ1) is 15.4. The van der Waals surface area contributed by atoms with Gasteiger partial charge < -0.3 is 5.32 Å². The molecule has 0 bridgehead atoms. The van der Waals surface area contributed by atoms with Crippen molar-refractivity contribution >= 4 is 17.3 Å². The molecular formula is C16H26ClN. The molecule has 0 aliphatic carbocycles. The molecule has 0 saturated carbocycles. The Kier molecular flexibility index (Phi) is 7.91. The minimum Gasteiger partial charge on any atom is -0.384 e. The molecule has 0 amide bonds. The maximum Gasteiger partial charge on any atom is 0.0637 e. The van der Waals surface area contributed by atoms with Crippen molar-refractivity contribution in [2.45, 2.75) is 58.8 Å². The Labute approximate surface area is 117 Å². The zero-order valence-corrected chi connectivity index (χ0v) is 12.5. The Balaban J connectivity index is 2.09. The predicted octanol–water partition coefficient (Wildman–Crippen LogP) is 5.81. The quantitative estimate of drug-likeness (QED) is 0.557. The Morgan fingerprint density at radius 1 is 1.00 bits per heavy atom. The maximum atomic E-state index is 6.13. The van der Waals surface area contributed by atoms with Crippen LogP contribution in [0.3, 0.4) is 0 Å². The second-order valence-corrected chi connectivity index (χ2v) is 5.44. The van der Waals surface area contributed by atoms with E-state index in [1.807, 2.05) is 12.1 Å². The van der Waals surface area contributed by atoms with Gasteiger partial charge in [0.1, 0.15) is 0 Å². The lowest BCUT2D eigenvalue weighted by Crippen LogP contribution is -2.02. The van der Waals surface area contributed by atoms with Crippen LogP contribution in [0.5, 0.6) is 0 Å². The summed E-state index contributed by atoms with van der Waals surface area (Å²) in [6.07, 6.45) is 9.41. The average molecular weight is 268 g/mol. The van der Waals surface area contributed by atoms with Gasteiger partial charge in [-0.05, 0) is 31.0 Å². The zero-order valence-electron chi connectivity index (χ0n) is 11.8. The standard InChI is InChI=1S/C16H26ClN/c1-3-4-5-6-7-8-9-12-18-16-13-14(2)10-11-15(16)17/h10-11,13,18H,3-9,12H2,1-2H3. The topological polar surface area (TPSA) is 12.0 Å². The zero-order chi connectivity index (χ0) is 13.2. The molecule has 0 aliphatic rings. The fraction of sp³-hybridized carbons (Fsp3) is 0.625. The van der Waals surface area contributed by atoms with E-state index in [0.29, 0.717) is 0 Å². The predicted molar refractivity (Wildman–Crippen MR) is 82.7 cm³/mol. The van der Waals surface area contributed by atoms with E-state index in [-0.39, 0.29) is 0 Å². The van der Waals surface area contributed by atoms with Crippen molar-refractivity contribution in [3.05, 3.63) is 28.8 Å². The third-order valence-corrected chi connectivity index (χ3v) is 3.55. The summed E-state index contributed by atoms with van der Waals surface area (Å²) in [5.41, 5.74) is 2.32. The van der Waals surface area contributed by atoms with Crippen LogP contribution in [0.1, 0.15) is 57.4 Å². The van der Waals surface area contributed by atoms with E-state index < -0.39 is 0 Å². The molecule has 0 unspecified atom stereocenters. The third-order valence-electron chi connectivity index (χ3n) is 3.22. The molecule has 0 fully saturated rings. The molecule has 1 aromatic rings. The Bertz CT molecular complexity index is 336. The molecule has 1 aromatic carbocycles. The van der Waals surface area contributed by atoms with Gasteiger partial charge in [0.2, 0.25) is 0 Å². The van der Waals surface area contributed by atoms with Crippen LogP contribution in [-0.2, 0) is 0 Å². The van der Waals surface area contributed by atoms with E-state index in [0.717, 1.165) is 17.3 Å². The molecule has 0 aromatic heterocycles. The van der Waals surface area contributed by atoms with Crippen LogP contribution in [0.25, 0.3) is 0 Å². The lowest BCUT2D eigenvalue weighted by molar-refractivity contribution is 0.596. The SMILES string of the molecule is CCCCCCCCCNc1cc(C)ccc1Cl. The molecule has 0 radical (unpaired) electrons. The number of hydrogen-bond donors (Lipinski definition) is 1. The van der Waals surface area contributed by atoms with Gasteiger partial charge in [-0.15, -0.1) is 0 Å². The molecule has 1 N–H and O–H groups in total. The largest absolute Gasteiger partial charge is 0.384 e. The summed E-state index contributed by atoms with van der Waals surface area (Å²) in [5.74, 6) is 0. The van der Waals surface area contributed by atoms with Crippen LogP contribution in [0.2, 0.25) is 5.02 Å². The number of nitrogens with one attached hydrogen (secondary N) is 1. The molecular weight excluding hydrogens is 242 g/mol. The number of halogens is 1. The van der Waals surface area contributed by atoms with Crippen molar-refractivity contribution < 1.29 is 0 Å². The second kappa shape index (κ2) is 9.27. The number of rotatable bonds is 9. The van der Waals surface area contributed by atoms with E-state index in [1.165, 1.54) is 50.5 Å². The number of aryl methyl sites for hydroxylation is 1. The number of benzene rings is 1. The highest BCUT2D eigenvalue weighted by atomic mass is 35.5. The Hall–Kier alpha value is -0.690. The minimum atomic E-state index is 0.823. The van der Waals surface area contributed by atoms with Gasteiger partial charge in [-0.1, -0.05) is 63.1 Å². The third kappa shape index (κ3) is 6.30. The van der Waals surface area contributed by atoms with E-state index in [9.17, 15) is 0 Å². The molecule has 0 heterocycles. The van der Waals surface area contributed by atoms with Gasteiger partial charge in [-0.25, -0.2) is 0 Å². The molecule has 0 atom stereocenters. The van der Waals surface area contributed by atoms with Gasteiger partial charge in [0.05, 0.1) is 10.7 Å². The van der Waals surface area contributed by atoms with Gasteiger partial charge >= 0.3 is 0 Å². The van der Waals surface area contributed by atoms with Gasteiger partial charge in [-0.2, -0.15) is 0 Å². The normalized spacial score (nSPS) is 10.6. The monoisotopic (exact) mass is 267 g/mol.